The fraction of sp³-hybridized carbons (Fsp3) is 0.647. The first kappa shape index (κ1) is 16.9. The van der Waals surface area contributed by atoms with Crippen molar-refractivity contribution in [3.63, 3.8) is 0 Å². The standard InChI is InChI=1S/C17H25N5O2S/c1-20(2)25(23,24)21-10-4-5-13(11-21)12-22-16(14-7-8-14)19-15-6-3-9-18-17(15)22/h3,6,9,13-14H,4-5,7-8,10-12H2,1-2H3. The molecule has 3 heterocycles. The average Bonchev–Trinajstić information content (AvgIpc) is 3.38. The van der Waals surface area contributed by atoms with Gasteiger partial charge in [0.25, 0.3) is 10.2 Å². The van der Waals surface area contributed by atoms with Gasteiger partial charge in [0.1, 0.15) is 11.3 Å². The Morgan fingerprint density at radius 1 is 1.28 bits per heavy atom. The van der Waals surface area contributed by atoms with Gasteiger partial charge in [0, 0.05) is 45.8 Å². The first-order chi connectivity index (χ1) is 12.0. The van der Waals surface area contributed by atoms with Crippen LogP contribution in [-0.4, -0.2) is 58.7 Å². The van der Waals surface area contributed by atoms with Gasteiger partial charge >= 0.3 is 0 Å². The van der Waals surface area contributed by atoms with E-state index in [1.54, 1.807) is 24.6 Å². The maximum absolute atomic E-state index is 12.5. The Bertz CT molecular complexity index is 872. The van der Waals surface area contributed by atoms with Crippen LogP contribution in [-0.2, 0) is 16.8 Å². The smallest absolute Gasteiger partial charge is 0.281 e. The summed E-state index contributed by atoms with van der Waals surface area (Å²) in [6.45, 7) is 1.96. The molecule has 1 unspecified atom stereocenters. The Balaban J connectivity index is 1.60. The molecular formula is C17H25N5O2S. The van der Waals surface area contributed by atoms with Crippen LogP contribution < -0.4 is 0 Å². The van der Waals surface area contributed by atoms with Gasteiger partial charge in [-0.1, -0.05) is 0 Å². The van der Waals surface area contributed by atoms with E-state index < -0.39 is 10.2 Å². The highest BCUT2D eigenvalue weighted by Crippen LogP contribution is 2.41. The zero-order valence-corrected chi connectivity index (χ0v) is 15.6. The summed E-state index contributed by atoms with van der Waals surface area (Å²) >= 11 is 0. The van der Waals surface area contributed by atoms with E-state index in [2.05, 4.69) is 9.55 Å². The molecule has 1 aliphatic carbocycles. The zero-order chi connectivity index (χ0) is 17.6. The lowest BCUT2D eigenvalue weighted by molar-refractivity contribution is 0.236. The highest BCUT2D eigenvalue weighted by Gasteiger charge is 2.33. The van der Waals surface area contributed by atoms with Crippen LogP contribution in [0.1, 0.15) is 37.4 Å². The van der Waals surface area contributed by atoms with Crippen molar-refractivity contribution in [1.29, 1.82) is 0 Å². The number of aromatic nitrogens is 3. The Morgan fingerprint density at radius 2 is 2.08 bits per heavy atom. The molecule has 2 aromatic rings. The Hall–Kier alpha value is -1.51. The molecule has 2 aromatic heterocycles. The van der Waals surface area contributed by atoms with Crippen LogP contribution in [0.25, 0.3) is 11.2 Å². The number of imidazole rings is 1. The van der Waals surface area contributed by atoms with E-state index >= 15 is 0 Å². The van der Waals surface area contributed by atoms with E-state index in [0.29, 0.717) is 24.9 Å². The summed E-state index contributed by atoms with van der Waals surface area (Å²) in [5.74, 6) is 1.96. The highest BCUT2D eigenvalue weighted by molar-refractivity contribution is 7.86. The molecule has 0 amide bonds. The van der Waals surface area contributed by atoms with Crippen LogP contribution in [0.4, 0.5) is 0 Å². The van der Waals surface area contributed by atoms with E-state index in [4.69, 9.17) is 4.98 Å². The van der Waals surface area contributed by atoms with Gasteiger partial charge < -0.3 is 4.57 Å². The van der Waals surface area contributed by atoms with Gasteiger partial charge in [0.15, 0.2) is 5.65 Å². The molecule has 4 rings (SSSR count). The second kappa shape index (κ2) is 6.34. The quantitative estimate of drug-likeness (QED) is 0.812. The largest absolute Gasteiger partial charge is 0.312 e. The normalized spacial score (nSPS) is 22.8. The van der Waals surface area contributed by atoms with E-state index in [1.807, 2.05) is 12.1 Å². The van der Waals surface area contributed by atoms with Crippen LogP contribution in [0.5, 0.6) is 0 Å². The molecule has 0 bridgehead atoms. The van der Waals surface area contributed by atoms with Gasteiger partial charge in [0.05, 0.1) is 0 Å². The summed E-state index contributed by atoms with van der Waals surface area (Å²) < 4.78 is 30.1. The van der Waals surface area contributed by atoms with Gasteiger partial charge in [-0.15, -0.1) is 0 Å². The van der Waals surface area contributed by atoms with Crippen LogP contribution in [0.2, 0.25) is 0 Å². The Kier molecular flexibility index (Phi) is 4.29. The van der Waals surface area contributed by atoms with E-state index in [9.17, 15) is 8.42 Å². The lowest BCUT2D eigenvalue weighted by Crippen LogP contribution is -2.46. The molecular weight excluding hydrogens is 338 g/mol. The molecule has 7 nitrogen and oxygen atoms in total. The number of piperidine rings is 1. The van der Waals surface area contributed by atoms with Gasteiger partial charge in [-0.3, -0.25) is 0 Å². The number of fused-ring (bicyclic) bond motifs is 1. The maximum atomic E-state index is 12.5. The molecule has 0 aromatic carbocycles. The summed E-state index contributed by atoms with van der Waals surface area (Å²) in [7, 11) is -0.153. The number of rotatable bonds is 5. The second-order valence-corrected chi connectivity index (χ2v) is 9.50. The predicted molar refractivity (Wildman–Crippen MR) is 96.4 cm³/mol. The number of nitrogens with zero attached hydrogens (tertiary/aromatic N) is 5. The van der Waals surface area contributed by atoms with Crippen molar-refractivity contribution in [2.24, 2.45) is 5.92 Å². The summed E-state index contributed by atoms with van der Waals surface area (Å²) in [4.78, 5) is 9.33. The van der Waals surface area contributed by atoms with Crippen molar-refractivity contribution in [2.75, 3.05) is 27.2 Å². The topological polar surface area (TPSA) is 71.3 Å². The lowest BCUT2D eigenvalue weighted by atomic mass is 9.99. The minimum atomic E-state index is -3.34. The molecule has 0 radical (unpaired) electrons. The first-order valence-electron chi connectivity index (χ1n) is 8.95. The Labute approximate surface area is 148 Å². The fourth-order valence-corrected chi connectivity index (χ4v) is 4.90. The monoisotopic (exact) mass is 363 g/mol. The third kappa shape index (κ3) is 3.18. The molecule has 136 valence electrons. The predicted octanol–water partition coefficient (Wildman–Crippen LogP) is 1.83. The highest BCUT2D eigenvalue weighted by atomic mass is 32.2. The van der Waals surface area contributed by atoms with Crippen LogP contribution in [0, 0.1) is 5.92 Å². The molecule has 2 fully saturated rings. The summed E-state index contributed by atoms with van der Waals surface area (Å²) in [5, 5.41) is 0. The van der Waals surface area contributed by atoms with Gasteiger partial charge in [-0.25, -0.2) is 9.97 Å². The third-order valence-corrected chi connectivity index (χ3v) is 7.09. The van der Waals surface area contributed by atoms with Gasteiger partial charge in [-0.05, 0) is 43.7 Å². The van der Waals surface area contributed by atoms with Gasteiger partial charge in [0.2, 0.25) is 0 Å². The fourth-order valence-electron chi connectivity index (χ4n) is 3.68. The SMILES string of the molecule is CN(C)S(=O)(=O)N1CCCC(Cn2c(C3CC3)nc3cccnc32)C1. The zero-order valence-electron chi connectivity index (χ0n) is 14.8. The van der Waals surface area contributed by atoms with Crippen LogP contribution in [0.15, 0.2) is 18.3 Å². The van der Waals surface area contributed by atoms with Crippen molar-refractivity contribution in [3.8, 4) is 0 Å². The van der Waals surface area contributed by atoms with Crippen molar-refractivity contribution in [3.05, 3.63) is 24.2 Å². The third-order valence-electron chi connectivity index (χ3n) is 5.19. The molecule has 0 N–H and O–H groups in total. The van der Waals surface area contributed by atoms with Crippen LogP contribution in [0.3, 0.4) is 0 Å². The molecule has 8 heteroatoms. The molecule has 1 aliphatic heterocycles. The minimum Gasteiger partial charge on any atom is -0.312 e. The summed E-state index contributed by atoms with van der Waals surface area (Å²) in [5.41, 5.74) is 1.87. The molecule has 25 heavy (non-hydrogen) atoms. The van der Waals surface area contributed by atoms with E-state index in [-0.39, 0.29) is 0 Å². The average molecular weight is 363 g/mol. The van der Waals surface area contributed by atoms with Crippen molar-refractivity contribution in [1.82, 2.24) is 23.1 Å². The van der Waals surface area contributed by atoms with E-state index in [1.165, 1.54) is 17.1 Å². The lowest BCUT2D eigenvalue weighted by Gasteiger charge is -2.33. The second-order valence-electron chi connectivity index (χ2n) is 7.36. The first-order valence-corrected chi connectivity index (χ1v) is 10.4. The van der Waals surface area contributed by atoms with Gasteiger partial charge in [-0.2, -0.15) is 17.0 Å². The number of hydrogen-bond donors (Lipinski definition) is 0. The maximum Gasteiger partial charge on any atom is 0.281 e. The number of pyridine rings is 1. The summed E-state index contributed by atoms with van der Waals surface area (Å²) in [6.07, 6.45) is 6.12. The van der Waals surface area contributed by atoms with E-state index in [0.717, 1.165) is 36.4 Å². The molecule has 2 aliphatic rings. The van der Waals surface area contributed by atoms with Crippen LogP contribution >= 0.6 is 0 Å². The molecule has 0 spiro atoms. The van der Waals surface area contributed by atoms with Crippen molar-refractivity contribution >= 4 is 21.4 Å². The van der Waals surface area contributed by atoms with Crippen molar-refractivity contribution < 1.29 is 8.42 Å². The minimum absolute atomic E-state index is 0.292. The Morgan fingerprint density at radius 3 is 2.80 bits per heavy atom. The molecule has 1 saturated carbocycles. The summed E-state index contributed by atoms with van der Waals surface area (Å²) in [6, 6.07) is 3.93. The number of hydrogen-bond acceptors (Lipinski definition) is 4. The van der Waals surface area contributed by atoms with Crippen molar-refractivity contribution in [2.45, 2.75) is 38.1 Å². The molecule has 1 saturated heterocycles. The molecule has 1 atom stereocenters.